The second-order valence-corrected chi connectivity index (χ2v) is 2.77. The first-order valence-electron chi connectivity index (χ1n) is 4.89. The molecule has 0 radical (unpaired) electrons. The van der Waals surface area contributed by atoms with Crippen LogP contribution in [0.3, 0.4) is 0 Å². The van der Waals surface area contributed by atoms with Crippen molar-refractivity contribution in [1.82, 2.24) is 15.0 Å². The van der Waals surface area contributed by atoms with Gasteiger partial charge in [-0.3, -0.25) is 5.43 Å². The Bertz CT molecular complexity index is 305. The van der Waals surface area contributed by atoms with E-state index in [-0.39, 0.29) is 12.0 Å². The monoisotopic (exact) mass is 212 g/mol. The number of hydrazine groups is 1. The third kappa shape index (κ3) is 3.55. The predicted octanol–water partition coefficient (Wildman–Crippen LogP) is 0.378. The largest absolute Gasteiger partial charge is 0.464 e. The molecule has 0 bridgehead atoms. The van der Waals surface area contributed by atoms with Crippen LogP contribution in [-0.4, -0.2) is 28.1 Å². The molecule has 0 saturated carbocycles. The zero-order chi connectivity index (χ0) is 11.1. The van der Waals surface area contributed by atoms with E-state index in [0.29, 0.717) is 12.6 Å². The van der Waals surface area contributed by atoms with Gasteiger partial charge in [0.1, 0.15) is 0 Å². The number of nitrogen functional groups attached to an aromatic ring is 1. The van der Waals surface area contributed by atoms with Gasteiger partial charge in [-0.05, 0) is 13.3 Å². The summed E-state index contributed by atoms with van der Waals surface area (Å²) in [7, 11) is 0. The Hall–Kier alpha value is -1.63. The number of hydrogen-bond acceptors (Lipinski definition) is 7. The van der Waals surface area contributed by atoms with Crippen LogP contribution in [0.1, 0.15) is 20.3 Å². The van der Waals surface area contributed by atoms with Gasteiger partial charge >= 0.3 is 6.01 Å². The number of hydrogen-bond donors (Lipinski definition) is 3. The molecule has 0 fully saturated rings. The molecule has 0 aliphatic heterocycles. The molecule has 7 nitrogen and oxygen atoms in total. The van der Waals surface area contributed by atoms with Crippen molar-refractivity contribution in [2.75, 3.05) is 23.9 Å². The van der Waals surface area contributed by atoms with Gasteiger partial charge in [0.25, 0.3) is 0 Å². The first-order valence-corrected chi connectivity index (χ1v) is 4.89. The summed E-state index contributed by atoms with van der Waals surface area (Å²) < 4.78 is 5.17. The maximum absolute atomic E-state index is 5.23. The van der Waals surface area contributed by atoms with E-state index in [9.17, 15) is 0 Å². The number of ether oxygens (including phenoxy) is 1. The van der Waals surface area contributed by atoms with Crippen molar-refractivity contribution in [1.29, 1.82) is 0 Å². The highest BCUT2D eigenvalue weighted by molar-refractivity contribution is 5.34. The first-order chi connectivity index (χ1) is 7.30. The molecule has 0 saturated heterocycles. The van der Waals surface area contributed by atoms with Gasteiger partial charge in [-0.25, -0.2) is 5.84 Å². The second kappa shape index (κ2) is 5.97. The lowest BCUT2D eigenvalue weighted by Gasteiger charge is -2.07. The van der Waals surface area contributed by atoms with Crippen LogP contribution in [-0.2, 0) is 0 Å². The molecule has 0 spiro atoms. The van der Waals surface area contributed by atoms with E-state index in [0.717, 1.165) is 13.0 Å². The quantitative estimate of drug-likeness (QED) is 0.463. The molecule has 1 aromatic heterocycles. The summed E-state index contributed by atoms with van der Waals surface area (Å²) in [6, 6.07) is 0.263. The topological polar surface area (TPSA) is 98.0 Å². The number of nitrogens with two attached hydrogens (primary N) is 1. The summed E-state index contributed by atoms with van der Waals surface area (Å²) in [5.41, 5.74) is 2.36. The molecule has 1 rings (SSSR count). The SMILES string of the molecule is CCCNc1nc(NN)nc(OCC)n1. The van der Waals surface area contributed by atoms with Crippen LogP contribution >= 0.6 is 0 Å². The van der Waals surface area contributed by atoms with Gasteiger partial charge in [0.15, 0.2) is 0 Å². The number of nitrogens with zero attached hydrogens (tertiary/aromatic N) is 3. The normalized spacial score (nSPS) is 9.80. The molecule has 1 aromatic rings. The maximum atomic E-state index is 5.23. The molecule has 0 aliphatic rings. The van der Waals surface area contributed by atoms with Crippen LogP contribution < -0.4 is 21.3 Å². The van der Waals surface area contributed by atoms with Crippen LogP contribution in [0.5, 0.6) is 6.01 Å². The molecule has 15 heavy (non-hydrogen) atoms. The molecule has 0 aliphatic carbocycles. The Labute approximate surface area is 88.4 Å². The number of rotatable bonds is 6. The summed E-state index contributed by atoms with van der Waals surface area (Å²) in [6.45, 7) is 5.21. The van der Waals surface area contributed by atoms with Gasteiger partial charge in [-0.2, -0.15) is 15.0 Å². The van der Waals surface area contributed by atoms with Gasteiger partial charge in [-0.15, -0.1) is 0 Å². The summed E-state index contributed by atoms with van der Waals surface area (Å²) in [4.78, 5) is 12.0. The fourth-order valence-corrected chi connectivity index (χ4v) is 0.931. The highest BCUT2D eigenvalue weighted by atomic mass is 16.5. The Morgan fingerprint density at radius 3 is 2.53 bits per heavy atom. The summed E-state index contributed by atoms with van der Waals surface area (Å²) in [5, 5.41) is 3.03. The van der Waals surface area contributed by atoms with Crippen LogP contribution in [0.25, 0.3) is 0 Å². The predicted molar refractivity (Wildman–Crippen MR) is 57.6 cm³/mol. The molecular formula is C8H16N6O. The lowest BCUT2D eigenvalue weighted by molar-refractivity contribution is 0.312. The number of nitrogens with one attached hydrogen (secondary N) is 2. The summed E-state index contributed by atoms with van der Waals surface area (Å²) >= 11 is 0. The van der Waals surface area contributed by atoms with E-state index in [1.54, 1.807) is 0 Å². The summed E-state index contributed by atoms with van der Waals surface area (Å²) in [6.07, 6.45) is 0.987. The highest BCUT2D eigenvalue weighted by Gasteiger charge is 2.05. The minimum absolute atomic E-state index is 0.263. The van der Waals surface area contributed by atoms with Gasteiger partial charge in [-0.1, -0.05) is 6.92 Å². The van der Waals surface area contributed by atoms with E-state index in [2.05, 4.69) is 32.6 Å². The minimum Gasteiger partial charge on any atom is -0.464 e. The van der Waals surface area contributed by atoms with E-state index < -0.39 is 0 Å². The average molecular weight is 212 g/mol. The third-order valence-electron chi connectivity index (χ3n) is 1.55. The van der Waals surface area contributed by atoms with Gasteiger partial charge in [0, 0.05) is 6.54 Å². The minimum atomic E-state index is 0.263. The van der Waals surface area contributed by atoms with Crippen molar-refractivity contribution in [2.45, 2.75) is 20.3 Å². The zero-order valence-electron chi connectivity index (χ0n) is 8.95. The Morgan fingerprint density at radius 2 is 1.93 bits per heavy atom. The van der Waals surface area contributed by atoms with E-state index in [1.807, 2.05) is 6.92 Å². The van der Waals surface area contributed by atoms with Gasteiger partial charge < -0.3 is 10.1 Å². The molecule has 0 amide bonds. The number of anilines is 2. The van der Waals surface area contributed by atoms with E-state index in [4.69, 9.17) is 10.6 Å². The summed E-state index contributed by atoms with van der Waals surface area (Å²) in [5.74, 6) is 5.97. The fourth-order valence-electron chi connectivity index (χ4n) is 0.931. The smallest absolute Gasteiger partial charge is 0.323 e. The molecule has 0 unspecified atom stereocenters. The average Bonchev–Trinajstić information content (AvgIpc) is 2.26. The van der Waals surface area contributed by atoms with Crippen molar-refractivity contribution in [3.63, 3.8) is 0 Å². The molecule has 1 heterocycles. The number of aromatic nitrogens is 3. The lowest BCUT2D eigenvalue weighted by Crippen LogP contribution is -2.14. The Balaban J connectivity index is 2.79. The Kier molecular flexibility index (Phi) is 4.55. The van der Waals surface area contributed by atoms with Crippen molar-refractivity contribution in [3.05, 3.63) is 0 Å². The van der Waals surface area contributed by atoms with Crippen LogP contribution in [0.2, 0.25) is 0 Å². The zero-order valence-corrected chi connectivity index (χ0v) is 8.95. The molecule has 0 atom stereocenters. The van der Waals surface area contributed by atoms with Crippen molar-refractivity contribution in [2.24, 2.45) is 5.84 Å². The van der Waals surface area contributed by atoms with Crippen LogP contribution in [0.15, 0.2) is 0 Å². The van der Waals surface area contributed by atoms with E-state index in [1.165, 1.54) is 0 Å². The molecular weight excluding hydrogens is 196 g/mol. The second-order valence-electron chi connectivity index (χ2n) is 2.77. The van der Waals surface area contributed by atoms with Gasteiger partial charge in [0.05, 0.1) is 6.61 Å². The van der Waals surface area contributed by atoms with E-state index >= 15 is 0 Å². The third-order valence-corrected chi connectivity index (χ3v) is 1.55. The van der Waals surface area contributed by atoms with Crippen LogP contribution in [0.4, 0.5) is 11.9 Å². The lowest BCUT2D eigenvalue weighted by atomic mass is 10.5. The molecule has 84 valence electrons. The van der Waals surface area contributed by atoms with Crippen molar-refractivity contribution >= 4 is 11.9 Å². The first kappa shape index (κ1) is 11.4. The molecule has 0 aromatic carbocycles. The van der Waals surface area contributed by atoms with Crippen molar-refractivity contribution < 1.29 is 4.74 Å². The molecule has 7 heteroatoms. The van der Waals surface area contributed by atoms with Crippen molar-refractivity contribution in [3.8, 4) is 6.01 Å². The Morgan fingerprint density at radius 1 is 1.20 bits per heavy atom. The molecule has 4 N–H and O–H groups in total. The maximum Gasteiger partial charge on any atom is 0.323 e. The highest BCUT2D eigenvalue weighted by Crippen LogP contribution is 2.09. The van der Waals surface area contributed by atoms with Gasteiger partial charge in [0.2, 0.25) is 11.9 Å². The van der Waals surface area contributed by atoms with Crippen LogP contribution in [0, 0.1) is 0 Å². The fraction of sp³-hybridized carbons (Fsp3) is 0.625. The standard InChI is InChI=1S/C8H16N6O/c1-3-5-10-6-11-7(14-9)13-8(12-6)15-4-2/h3-5,9H2,1-2H3,(H2,10,11,12,13,14).